The van der Waals surface area contributed by atoms with E-state index in [2.05, 4.69) is 41.5 Å². The molecule has 4 nitrogen and oxygen atoms in total. The van der Waals surface area contributed by atoms with Crippen LogP contribution < -0.4 is 5.32 Å². The van der Waals surface area contributed by atoms with E-state index in [0.717, 1.165) is 40.7 Å². The number of hydrogen-bond acceptors (Lipinski definition) is 4. The van der Waals surface area contributed by atoms with E-state index < -0.39 is 0 Å². The molecule has 120 valence electrons. The Bertz CT molecular complexity index is 937. The molecule has 0 saturated heterocycles. The Balaban J connectivity index is 1.61. The molecule has 5 heteroatoms. The van der Waals surface area contributed by atoms with Gasteiger partial charge in [-0.05, 0) is 30.2 Å². The number of benzene rings is 1. The van der Waals surface area contributed by atoms with E-state index in [1.165, 1.54) is 5.56 Å². The lowest BCUT2D eigenvalue weighted by Crippen LogP contribution is -1.95. The van der Waals surface area contributed by atoms with E-state index in [4.69, 9.17) is 4.98 Å². The normalized spacial score (nSPS) is 11.0. The molecule has 0 aliphatic rings. The maximum Gasteiger partial charge on any atom is 0.187 e. The fraction of sp³-hybridized carbons (Fsp3) is 0.158. The number of rotatable bonds is 5. The van der Waals surface area contributed by atoms with Crippen molar-refractivity contribution in [3.63, 3.8) is 0 Å². The van der Waals surface area contributed by atoms with Crippen LogP contribution in [0.3, 0.4) is 0 Å². The van der Waals surface area contributed by atoms with Crippen molar-refractivity contribution in [2.24, 2.45) is 0 Å². The molecule has 3 aromatic heterocycles. The fourth-order valence-corrected chi connectivity index (χ4v) is 3.47. The largest absolute Gasteiger partial charge is 0.331 e. The Morgan fingerprint density at radius 2 is 1.92 bits per heavy atom. The van der Waals surface area contributed by atoms with Crippen molar-refractivity contribution in [3.8, 4) is 11.4 Å². The van der Waals surface area contributed by atoms with Crippen LogP contribution in [0.5, 0.6) is 0 Å². The van der Waals surface area contributed by atoms with Crippen LogP contribution in [0, 0.1) is 0 Å². The van der Waals surface area contributed by atoms with Crippen LogP contribution in [0.2, 0.25) is 0 Å². The van der Waals surface area contributed by atoms with Crippen LogP contribution in [0.25, 0.3) is 17.0 Å². The zero-order valence-electron chi connectivity index (χ0n) is 13.4. The van der Waals surface area contributed by atoms with E-state index >= 15 is 0 Å². The summed E-state index contributed by atoms with van der Waals surface area (Å²) in [5, 5.41) is 6.40. The Morgan fingerprint density at radius 1 is 1.04 bits per heavy atom. The van der Waals surface area contributed by atoms with Crippen molar-refractivity contribution >= 4 is 27.8 Å². The van der Waals surface area contributed by atoms with E-state index in [1.807, 2.05) is 40.4 Å². The Kier molecular flexibility index (Phi) is 4.01. The first-order chi connectivity index (χ1) is 11.8. The van der Waals surface area contributed by atoms with Crippen LogP contribution in [0.4, 0.5) is 10.8 Å². The minimum absolute atomic E-state index is 0.894. The number of imidazole rings is 1. The Labute approximate surface area is 144 Å². The molecule has 4 rings (SSSR count). The number of thiazole rings is 1. The topological polar surface area (TPSA) is 42.2 Å². The Hall–Kier alpha value is -2.66. The van der Waals surface area contributed by atoms with Gasteiger partial charge in [0.2, 0.25) is 0 Å². The highest BCUT2D eigenvalue weighted by Gasteiger charge is 2.10. The van der Waals surface area contributed by atoms with Gasteiger partial charge < -0.3 is 9.72 Å². The van der Waals surface area contributed by atoms with Crippen molar-refractivity contribution in [2.75, 3.05) is 5.32 Å². The maximum atomic E-state index is 4.70. The van der Waals surface area contributed by atoms with Gasteiger partial charge in [-0.1, -0.05) is 37.6 Å². The number of para-hydroxylation sites is 1. The third kappa shape index (κ3) is 2.90. The third-order valence-corrected chi connectivity index (χ3v) is 4.67. The highest BCUT2D eigenvalue weighted by Crippen LogP contribution is 2.28. The number of nitrogens with zero attached hydrogens (tertiary/aromatic N) is 3. The number of anilines is 2. The lowest BCUT2D eigenvalue weighted by molar-refractivity contribution is 0.923. The van der Waals surface area contributed by atoms with Gasteiger partial charge in [0.05, 0.1) is 0 Å². The van der Waals surface area contributed by atoms with E-state index in [1.54, 1.807) is 11.3 Å². The predicted molar refractivity (Wildman–Crippen MR) is 100 cm³/mol. The van der Waals surface area contributed by atoms with Gasteiger partial charge in [0.1, 0.15) is 17.0 Å². The van der Waals surface area contributed by atoms with Crippen LogP contribution in [0.1, 0.15) is 18.9 Å². The number of pyridine rings is 1. The van der Waals surface area contributed by atoms with Gasteiger partial charge in [0.15, 0.2) is 5.13 Å². The van der Waals surface area contributed by atoms with Crippen molar-refractivity contribution in [1.29, 1.82) is 0 Å². The summed E-state index contributed by atoms with van der Waals surface area (Å²) in [6.07, 6.45) is 6.20. The average molecular weight is 334 g/mol. The predicted octanol–water partition coefficient (Wildman–Crippen LogP) is 5.15. The van der Waals surface area contributed by atoms with Crippen molar-refractivity contribution in [1.82, 2.24) is 14.4 Å². The van der Waals surface area contributed by atoms with Gasteiger partial charge >= 0.3 is 0 Å². The number of hydrogen-bond donors (Lipinski definition) is 1. The molecular formula is C19H18N4S. The molecule has 0 atom stereocenters. The average Bonchev–Trinajstić information content (AvgIpc) is 3.23. The van der Waals surface area contributed by atoms with Gasteiger partial charge in [-0.25, -0.2) is 9.97 Å². The van der Waals surface area contributed by atoms with E-state index in [9.17, 15) is 0 Å². The van der Waals surface area contributed by atoms with Crippen molar-refractivity contribution in [2.45, 2.75) is 19.8 Å². The quantitative estimate of drug-likeness (QED) is 0.548. The lowest BCUT2D eigenvalue weighted by atomic mass is 10.1. The minimum atomic E-state index is 0.894. The molecule has 0 unspecified atom stereocenters. The zero-order valence-corrected chi connectivity index (χ0v) is 14.3. The molecule has 0 spiro atoms. The number of nitrogens with one attached hydrogen (secondary N) is 1. The molecule has 1 N–H and O–H groups in total. The maximum absolute atomic E-state index is 4.70. The molecule has 24 heavy (non-hydrogen) atoms. The number of aromatic nitrogens is 3. The van der Waals surface area contributed by atoms with Gasteiger partial charge in [-0.15, -0.1) is 11.3 Å². The first kappa shape index (κ1) is 14.9. The summed E-state index contributed by atoms with van der Waals surface area (Å²) in [6, 6.07) is 14.4. The molecule has 0 radical (unpaired) electrons. The zero-order chi connectivity index (χ0) is 16.4. The molecule has 3 heterocycles. The molecule has 0 fully saturated rings. The molecule has 0 amide bonds. The molecule has 0 bridgehead atoms. The van der Waals surface area contributed by atoms with Gasteiger partial charge in [0, 0.05) is 23.5 Å². The number of fused-ring (bicyclic) bond motifs is 1. The molecule has 0 aliphatic carbocycles. The summed E-state index contributed by atoms with van der Waals surface area (Å²) in [5.41, 5.74) is 5.19. The summed E-state index contributed by atoms with van der Waals surface area (Å²) in [5.74, 6) is 0. The SMILES string of the molecule is CCCc1ccccc1Nc1nc(-c2cn3ccccc3n2)cs1. The molecule has 0 saturated carbocycles. The highest BCUT2D eigenvalue weighted by atomic mass is 32.1. The summed E-state index contributed by atoms with van der Waals surface area (Å²) in [4.78, 5) is 9.33. The summed E-state index contributed by atoms with van der Waals surface area (Å²) in [6.45, 7) is 2.20. The van der Waals surface area contributed by atoms with Crippen LogP contribution in [-0.2, 0) is 6.42 Å². The first-order valence-corrected chi connectivity index (χ1v) is 8.96. The molecule has 1 aromatic carbocycles. The molecule has 0 aliphatic heterocycles. The van der Waals surface area contributed by atoms with Gasteiger partial charge in [0.25, 0.3) is 0 Å². The molecule has 4 aromatic rings. The highest BCUT2D eigenvalue weighted by molar-refractivity contribution is 7.14. The van der Waals surface area contributed by atoms with E-state index in [-0.39, 0.29) is 0 Å². The van der Waals surface area contributed by atoms with Crippen LogP contribution in [0.15, 0.2) is 60.2 Å². The van der Waals surface area contributed by atoms with Crippen LogP contribution >= 0.6 is 11.3 Å². The third-order valence-electron chi connectivity index (χ3n) is 3.91. The minimum Gasteiger partial charge on any atom is -0.331 e. The van der Waals surface area contributed by atoms with Crippen LogP contribution in [-0.4, -0.2) is 14.4 Å². The monoisotopic (exact) mass is 334 g/mol. The molecular weight excluding hydrogens is 316 g/mol. The second kappa shape index (κ2) is 6.45. The standard InChI is InChI=1S/C19H18N4S/c1-2-7-14-8-3-4-9-15(14)21-19-22-17(13-24-19)16-12-23-11-6-5-10-18(23)20-16/h3-6,8-13H,2,7H2,1H3,(H,21,22). The summed E-state index contributed by atoms with van der Waals surface area (Å²) >= 11 is 1.60. The van der Waals surface area contributed by atoms with Crippen molar-refractivity contribution < 1.29 is 0 Å². The summed E-state index contributed by atoms with van der Waals surface area (Å²) in [7, 11) is 0. The number of aryl methyl sites for hydroxylation is 1. The van der Waals surface area contributed by atoms with E-state index in [0.29, 0.717) is 0 Å². The second-order valence-electron chi connectivity index (χ2n) is 5.66. The Morgan fingerprint density at radius 3 is 2.79 bits per heavy atom. The lowest BCUT2D eigenvalue weighted by Gasteiger charge is -2.08. The van der Waals surface area contributed by atoms with Gasteiger partial charge in [-0.2, -0.15) is 0 Å². The van der Waals surface area contributed by atoms with Crippen molar-refractivity contribution in [3.05, 3.63) is 65.8 Å². The smallest absolute Gasteiger partial charge is 0.187 e. The fourth-order valence-electron chi connectivity index (χ4n) is 2.75. The second-order valence-corrected chi connectivity index (χ2v) is 6.52. The summed E-state index contributed by atoms with van der Waals surface area (Å²) < 4.78 is 2.01. The van der Waals surface area contributed by atoms with Gasteiger partial charge in [-0.3, -0.25) is 0 Å². The first-order valence-electron chi connectivity index (χ1n) is 8.08.